The van der Waals surface area contributed by atoms with Crippen molar-refractivity contribution in [2.45, 2.75) is 32.2 Å². The lowest BCUT2D eigenvalue weighted by Crippen LogP contribution is -2.25. The minimum atomic E-state index is -0.146. The fourth-order valence-electron chi connectivity index (χ4n) is 3.23. The first-order valence-electron chi connectivity index (χ1n) is 8.26. The van der Waals surface area contributed by atoms with Crippen molar-refractivity contribution in [2.75, 3.05) is 5.32 Å². The molecule has 5 nitrogen and oxygen atoms in total. The number of anilines is 1. The number of carbonyl (C=O) groups excluding carboxylic acids is 1. The molecule has 0 radical (unpaired) electrons. The van der Waals surface area contributed by atoms with E-state index < -0.39 is 0 Å². The molecule has 0 saturated carbocycles. The van der Waals surface area contributed by atoms with Crippen LogP contribution in [0.4, 0.5) is 5.82 Å². The predicted molar refractivity (Wildman–Crippen MR) is 96.9 cm³/mol. The highest BCUT2D eigenvalue weighted by molar-refractivity contribution is 6.33. The third-order valence-electron chi connectivity index (χ3n) is 4.45. The quantitative estimate of drug-likeness (QED) is 0.730. The van der Waals surface area contributed by atoms with E-state index in [1.807, 2.05) is 61.1 Å². The SMILES string of the molecule is CC(C)n1ncc2c1NC(=O)C[C@H]2c1ccc(-c2ccccc2Cl)o1. The zero-order valence-electron chi connectivity index (χ0n) is 14.0. The van der Waals surface area contributed by atoms with Crippen LogP contribution in [-0.4, -0.2) is 15.7 Å². The summed E-state index contributed by atoms with van der Waals surface area (Å²) in [6.45, 7) is 4.07. The number of furan rings is 1. The Morgan fingerprint density at radius 1 is 1.28 bits per heavy atom. The molecule has 1 amide bonds. The Balaban J connectivity index is 1.75. The molecule has 0 unspecified atom stereocenters. The molecule has 4 rings (SSSR count). The van der Waals surface area contributed by atoms with E-state index in [2.05, 4.69) is 10.4 Å². The van der Waals surface area contributed by atoms with E-state index >= 15 is 0 Å². The van der Waals surface area contributed by atoms with Crippen molar-refractivity contribution in [3.05, 3.63) is 58.9 Å². The van der Waals surface area contributed by atoms with Crippen LogP contribution in [0.1, 0.15) is 43.6 Å². The minimum Gasteiger partial charge on any atom is -0.460 e. The summed E-state index contributed by atoms with van der Waals surface area (Å²) in [7, 11) is 0. The molecule has 25 heavy (non-hydrogen) atoms. The summed E-state index contributed by atoms with van der Waals surface area (Å²) in [5, 5.41) is 8.00. The van der Waals surface area contributed by atoms with E-state index in [1.54, 1.807) is 0 Å². The fourth-order valence-corrected chi connectivity index (χ4v) is 3.46. The molecule has 1 aromatic carbocycles. The molecule has 1 aliphatic heterocycles. The summed E-state index contributed by atoms with van der Waals surface area (Å²) in [6, 6.07) is 11.5. The third-order valence-corrected chi connectivity index (χ3v) is 4.77. The topological polar surface area (TPSA) is 60.1 Å². The molecule has 3 heterocycles. The van der Waals surface area contributed by atoms with E-state index in [-0.39, 0.29) is 17.9 Å². The van der Waals surface area contributed by atoms with E-state index in [0.29, 0.717) is 17.2 Å². The number of benzene rings is 1. The average Bonchev–Trinajstić information content (AvgIpc) is 3.21. The predicted octanol–water partition coefficient (Wildman–Crippen LogP) is 4.85. The average molecular weight is 356 g/mol. The summed E-state index contributed by atoms with van der Waals surface area (Å²) in [5.41, 5.74) is 1.82. The van der Waals surface area contributed by atoms with Crippen LogP contribution in [0.3, 0.4) is 0 Å². The molecule has 2 aromatic heterocycles. The number of rotatable bonds is 3. The van der Waals surface area contributed by atoms with Crippen LogP contribution in [0.15, 0.2) is 47.0 Å². The van der Waals surface area contributed by atoms with Gasteiger partial charge in [-0.2, -0.15) is 5.10 Å². The van der Waals surface area contributed by atoms with E-state index in [4.69, 9.17) is 16.0 Å². The molecule has 0 spiro atoms. The van der Waals surface area contributed by atoms with E-state index in [0.717, 1.165) is 22.7 Å². The van der Waals surface area contributed by atoms with Gasteiger partial charge in [-0.3, -0.25) is 4.79 Å². The van der Waals surface area contributed by atoms with Crippen molar-refractivity contribution in [3.63, 3.8) is 0 Å². The molecule has 6 heteroatoms. The Hall–Kier alpha value is -2.53. The highest BCUT2D eigenvalue weighted by Gasteiger charge is 2.32. The Morgan fingerprint density at radius 2 is 2.08 bits per heavy atom. The van der Waals surface area contributed by atoms with Gasteiger partial charge in [0.2, 0.25) is 5.91 Å². The molecule has 3 aromatic rings. The highest BCUT2D eigenvalue weighted by Crippen LogP contribution is 2.40. The van der Waals surface area contributed by atoms with Crippen LogP contribution in [-0.2, 0) is 4.79 Å². The van der Waals surface area contributed by atoms with Gasteiger partial charge < -0.3 is 9.73 Å². The maximum absolute atomic E-state index is 12.2. The van der Waals surface area contributed by atoms with Crippen molar-refractivity contribution in [1.82, 2.24) is 9.78 Å². The van der Waals surface area contributed by atoms with Crippen molar-refractivity contribution in [3.8, 4) is 11.3 Å². The first kappa shape index (κ1) is 16.0. The lowest BCUT2D eigenvalue weighted by Gasteiger charge is -2.23. The Labute approximate surface area is 150 Å². The third kappa shape index (κ3) is 2.74. The maximum atomic E-state index is 12.2. The molecular weight excluding hydrogens is 338 g/mol. The number of nitrogens with one attached hydrogen (secondary N) is 1. The van der Waals surface area contributed by atoms with Crippen LogP contribution in [0.25, 0.3) is 11.3 Å². The lowest BCUT2D eigenvalue weighted by molar-refractivity contribution is -0.116. The molecule has 128 valence electrons. The first-order valence-corrected chi connectivity index (χ1v) is 8.64. The zero-order valence-corrected chi connectivity index (χ0v) is 14.7. The molecule has 1 atom stereocenters. The number of hydrogen-bond acceptors (Lipinski definition) is 3. The largest absolute Gasteiger partial charge is 0.460 e. The summed E-state index contributed by atoms with van der Waals surface area (Å²) >= 11 is 6.26. The molecule has 1 aliphatic rings. The van der Waals surface area contributed by atoms with Gasteiger partial charge in [-0.1, -0.05) is 23.7 Å². The monoisotopic (exact) mass is 355 g/mol. The van der Waals surface area contributed by atoms with Gasteiger partial charge >= 0.3 is 0 Å². The molecule has 0 saturated heterocycles. The summed E-state index contributed by atoms with van der Waals surface area (Å²) in [4.78, 5) is 12.2. The fraction of sp³-hybridized carbons (Fsp3) is 0.263. The molecular formula is C19H18ClN3O2. The van der Waals surface area contributed by atoms with Gasteiger partial charge in [0.25, 0.3) is 0 Å². The number of fused-ring (bicyclic) bond motifs is 1. The van der Waals surface area contributed by atoms with Gasteiger partial charge in [-0.25, -0.2) is 4.68 Å². The highest BCUT2D eigenvalue weighted by atomic mass is 35.5. The van der Waals surface area contributed by atoms with Gasteiger partial charge in [0, 0.05) is 23.6 Å². The van der Waals surface area contributed by atoms with Crippen molar-refractivity contribution >= 4 is 23.3 Å². The molecule has 0 fully saturated rings. The Bertz CT molecular complexity index is 942. The van der Waals surface area contributed by atoms with Gasteiger partial charge in [-0.15, -0.1) is 0 Å². The smallest absolute Gasteiger partial charge is 0.226 e. The van der Waals surface area contributed by atoms with Gasteiger partial charge in [-0.05, 0) is 38.1 Å². The zero-order chi connectivity index (χ0) is 17.6. The van der Waals surface area contributed by atoms with Crippen molar-refractivity contribution in [1.29, 1.82) is 0 Å². The lowest BCUT2D eigenvalue weighted by atomic mass is 9.92. The molecule has 1 N–H and O–H groups in total. The molecule has 0 bridgehead atoms. The number of nitrogens with zero attached hydrogens (tertiary/aromatic N) is 2. The Morgan fingerprint density at radius 3 is 2.84 bits per heavy atom. The van der Waals surface area contributed by atoms with Crippen LogP contribution in [0.5, 0.6) is 0 Å². The van der Waals surface area contributed by atoms with Gasteiger partial charge in [0.1, 0.15) is 17.3 Å². The van der Waals surface area contributed by atoms with Gasteiger partial charge in [0.05, 0.1) is 17.1 Å². The maximum Gasteiger partial charge on any atom is 0.226 e. The number of halogens is 1. The first-order chi connectivity index (χ1) is 12.0. The van der Waals surface area contributed by atoms with E-state index in [1.165, 1.54) is 0 Å². The minimum absolute atomic E-state index is 0.0319. The number of hydrogen-bond donors (Lipinski definition) is 1. The summed E-state index contributed by atoms with van der Waals surface area (Å²) in [5.74, 6) is 2.02. The summed E-state index contributed by atoms with van der Waals surface area (Å²) < 4.78 is 7.89. The second-order valence-corrected chi connectivity index (χ2v) is 6.88. The van der Waals surface area contributed by atoms with Gasteiger partial charge in [0.15, 0.2) is 0 Å². The second-order valence-electron chi connectivity index (χ2n) is 6.47. The van der Waals surface area contributed by atoms with Crippen LogP contribution in [0.2, 0.25) is 5.02 Å². The van der Waals surface area contributed by atoms with Crippen LogP contribution < -0.4 is 5.32 Å². The second kappa shape index (κ2) is 6.08. The molecule has 0 aliphatic carbocycles. The number of amides is 1. The summed E-state index contributed by atoms with van der Waals surface area (Å²) in [6.07, 6.45) is 2.16. The van der Waals surface area contributed by atoms with Crippen molar-refractivity contribution in [2.24, 2.45) is 0 Å². The Kier molecular flexibility index (Phi) is 3.88. The normalized spacial score (nSPS) is 16.8. The number of carbonyl (C=O) groups is 1. The standard InChI is InChI=1S/C19H18ClN3O2/c1-11(2)23-19-14(10-21-23)13(9-18(24)22-19)17-8-7-16(25-17)12-5-3-4-6-15(12)20/h3-8,10-11,13H,9H2,1-2H3,(H,22,24)/t13-/m1/s1. The van der Waals surface area contributed by atoms with Crippen LogP contribution >= 0.6 is 11.6 Å². The number of aromatic nitrogens is 2. The van der Waals surface area contributed by atoms with Crippen LogP contribution in [0, 0.1) is 0 Å². The van der Waals surface area contributed by atoms with Crippen molar-refractivity contribution < 1.29 is 9.21 Å². The van der Waals surface area contributed by atoms with E-state index in [9.17, 15) is 4.79 Å².